The highest BCUT2D eigenvalue weighted by molar-refractivity contribution is 7.86. The molecule has 0 spiro atoms. The fourth-order valence-electron chi connectivity index (χ4n) is 2.08. The minimum absolute atomic E-state index is 0.0484. The minimum Gasteiger partial charge on any atom is -0.326 e. The number of nitrogens with two attached hydrogens (primary N) is 1. The van der Waals surface area contributed by atoms with Crippen LogP contribution in [0.5, 0.6) is 0 Å². The third-order valence-corrected chi connectivity index (χ3v) is 5.33. The van der Waals surface area contributed by atoms with Gasteiger partial charge < -0.3 is 5.73 Å². The first kappa shape index (κ1) is 13.9. The molecule has 0 aromatic carbocycles. The molecule has 0 bridgehead atoms. The predicted molar refractivity (Wildman–Crippen MR) is 65.2 cm³/mol. The lowest BCUT2D eigenvalue weighted by molar-refractivity contribution is 0.214. The van der Waals surface area contributed by atoms with Gasteiger partial charge >= 0.3 is 0 Å². The molecule has 0 radical (unpaired) electrons. The van der Waals surface area contributed by atoms with Crippen LogP contribution in [-0.2, 0) is 10.2 Å². The topological polar surface area (TPSA) is 66.6 Å². The third kappa shape index (κ3) is 2.74. The van der Waals surface area contributed by atoms with Gasteiger partial charge in [-0.05, 0) is 19.8 Å². The standard InChI is InChI=1S/C10H23N3O2S/c1-4-12(3)16(14,15)13-8-6-5-7-10(13)9(2)11/h9-10H,4-8,11H2,1-3H3. The fraction of sp³-hybridized carbons (Fsp3) is 1.00. The maximum absolute atomic E-state index is 12.2. The second kappa shape index (κ2) is 5.44. The van der Waals surface area contributed by atoms with Crippen LogP contribution in [0.15, 0.2) is 0 Å². The van der Waals surface area contributed by atoms with E-state index in [4.69, 9.17) is 5.73 Å². The van der Waals surface area contributed by atoms with Crippen LogP contribution in [0.25, 0.3) is 0 Å². The Kier molecular flexibility index (Phi) is 4.73. The quantitative estimate of drug-likeness (QED) is 0.783. The van der Waals surface area contributed by atoms with Gasteiger partial charge in [-0.25, -0.2) is 0 Å². The SMILES string of the molecule is CCN(C)S(=O)(=O)N1CCCCC1C(C)N. The van der Waals surface area contributed by atoms with Crippen molar-refractivity contribution in [2.75, 3.05) is 20.1 Å². The lowest BCUT2D eigenvalue weighted by Crippen LogP contribution is -2.55. The summed E-state index contributed by atoms with van der Waals surface area (Å²) in [6, 6.07) is -0.159. The van der Waals surface area contributed by atoms with E-state index in [-0.39, 0.29) is 12.1 Å². The van der Waals surface area contributed by atoms with E-state index in [0.29, 0.717) is 13.1 Å². The molecule has 2 atom stereocenters. The molecule has 1 aliphatic heterocycles. The molecule has 5 nitrogen and oxygen atoms in total. The van der Waals surface area contributed by atoms with Crippen molar-refractivity contribution in [3.8, 4) is 0 Å². The van der Waals surface area contributed by atoms with Crippen molar-refractivity contribution in [1.29, 1.82) is 0 Å². The van der Waals surface area contributed by atoms with Crippen LogP contribution in [0.1, 0.15) is 33.1 Å². The molecule has 1 heterocycles. The lowest BCUT2D eigenvalue weighted by Gasteiger charge is -2.38. The molecule has 6 heteroatoms. The van der Waals surface area contributed by atoms with E-state index in [0.717, 1.165) is 19.3 Å². The highest BCUT2D eigenvalue weighted by atomic mass is 32.2. The van der Waals surface area contributed by atoms with E-state index in [2.05, 4.69) is 0 Å². The summed E-state index contributed by atoms with van der Waals surface area (Å²) in [4.78, 5) is 0. The van der Waals surface area contributed by atoms with Gasteiger partial charge in [0.1, 0.15) is 0 Å². The minimum atomic E-state index is -3.32. The van der Waals surface area contributed by atoms with Crippen LogP contribution in [0.2, 0.25) is 0 Å². The molecule has 16 heavy (non-hydrogen) atoms. The fourth-order valence-corrected chi connectivity index (χ4v) is 3.77. The molecule has 1 aliphatic rings. The zero-order chi connectivity index (χ0) is 12.3. The first-order valence-electron chi connectivity index (χ1n) is 5.90. The summed E-state index contributed by atoms with van der Waals surface area (Å²) in [5, 5.41) is 0. The lowest BCUT2D eigenvalue weighted by atomic mass is 10.00. The van der Waals surface area contributed by atoms with Gasteiger partial charge in [0, 0.05) is 32.2 Å². The van der Waals surface area contributed by atoms with Crippen LogP contribution in [0, 0.1) is 0 Å². The second-order valence-corrected chi connectivity index (χ2v) is 6.44. The first-order valence-corrected chi connectivity index (χ1v) is 7.29. The Bertz CT molecular complexity index is 316. The number of rotatable bonds is 4. The summed E-state index contributed by atoms with van der Waals surface area (Å²) in [7, 11) is -1.71. The largest absolute Gasteiger partial charge is 0.326 e. The Balaban J connectivity index is 2.91. The van der Waals surface area contributed by atoms with Crippen LogP contribution in [0.4, 0.5) is 0 Å². The molecule has 0 aromatic rings. The second-order valence-electron chi connectivity index (χ2n) is 4.45. The molecular formula is C10H23N3O2S. The number of piperidine rings is 1. The summed E-state index contributed by atoms with van der Waals surface area (Å²) in [5.41, 5.74) is 5.87. The number of hydrogen-bond acceptors (Lipinski definition) is 3. The van der Waals surface area contributed by atoms with Gasteiger partial charge in [-0.15, -0.1) is 0 Å². The molecule has 1 saturated heterocycles. The van der Waals surface area contributed by atoms with Crippen molar-refractivity contribution in [2.24, 2.45) is 5.73 Å². The third-order valence-electron chi connectivity index (χ3n) is 3.24. The summed E-state index contributed by atoms with van der Waals surface area (Å²) in [5.74, 6) is 0. The predicted octanol–water partition coefficient (Wildman–Crippen LogP) is 0.385. The van der Waals surface area contributed by atoms with E-state index in [1.165, 1.54) is 4.31 Å². The summed E-state index contributed by atoms with van der Waals surface area (Å²) in [6.45, 7) is 4.80. The molecule has 0 aliphatic carbocycles. The molecular weight excluding hydrogens is 226 g/mol. The van der Waals surface area contributed by atoms with Gasteiger partial charge in [0.15, 0.2) is 0 Å². The van der Waals surface area contributed by atoms with Crippen molar-refractivity contribution < 1.29 is 8.42 Å². The summed E-state index contributed by atoms with van der Waals surface area (Å²) < 4.78 is 27.4. The monoisotopic (exact) mass is 249 g/mol. The highest BCUT2D eigenvalue weighted by Crippen LogP contribution is 2.23. The van der Waals surface area contributed by atoms with Crippen LogP contribution >= 0.6 is 0 Å². The zero-order valence-corrected chi connectivity index (χ0v) is 11.2. The van der Waals surface area contributed by atoms with Gasteiger partial charge in [-0.2, -0.15) is 17.0 Å². The smallest absolute Gasteiger partial charge is 0.282 e. The van der Waals surface area contributed by atoms with Gasteiger partial charge in [0.2, 0.25) is 0 Å². The van der Waals surface area contributed by atoms with Gasteiger partial charge in [0.25, 0.3) is 10.2 Å². The number of nitrogens with zero attached hydrogens (tertiary/aromatic N) is 2. The molecule has 0 saturated carbocycles. The van der Waals surface area contributed by atoms with E-state index in [9.17, 15) is 8.42 Å². The maximum atomic E-state index is 12.2. The van der Waals surface area contributed by atoms with Crippen molar-refractivity contribution >= 4 is 10.2 Å². The van der Waals surface area contributed by atoms with E-state index >= 15 is 0 Å². The van der Waals surface area contributed by atoms with Crippen molar-refractivity contribution in [3.63, 3.8) is 0 Å². The molecule has 1 rings (SSSR count). The maximum Gasteiger partial charge on any atom is 0.282 e. The Morgan fingerprint density at radius 2 is 2.12 bits per heavy atom. The number of hydrogen-bond donors (Lipinski definition) is 1. The Hall–Kier alpha value is -0.170. The van der Waals surface area contributed by atoms with Crippen molar-refractivity contribution in [1.82, 2.24) is 8.61 Å². The molecule has 2 N–H and O–H groups in total. The van der Waals surface area contributed by atoms with Crippen LogP contribution in [-0.4, -0.2) is 49.2 Å². The highest BCUT2D eigenvalue weighted by Gasteiger charge is 2.35. The zero-order valence-electron chi connectivity index (χ0n) is 10.4. The Labute approximate surface area is 98.8 Å². The Morgan fingerprint density at radius 3 is 2.62 bits per heavy atom. The Morgan fingerprint density at radius 1 is 1.50 bits per heavy atom. The van der Waals surface area contributed by atoms with Crippen molar-refractivity contribution in [2.45, 2.75) is 45.2 Å². The molecule has 96 valence electrons. The van der Waals surface area contributed by atoms with E-state index < -0.39 is 10.2 Å². The average Bonchev–Trinajstić information content (AvgIpc) is 2.27. The average molecular weight is 249 g/mol. The van der Waals surface area contributed by atoms with Crippen molar-refractivity contribution in [3.05, 3.63) is 0 Å². The van der Waals surface area contributed by atoms with Gasteiger partial charge in [-0.1, -0.05) is 13.3 Å². The normalized spacial score (nSPS) is 25.9. The summed E-state index contributed by atoms with van der Waals surface area (Å²) in [6.07, 6.45) is 2.86. The molecule has 1 fully saturated rings. The van der Waals surface area contributed by atoms with Crippen LogP contribution < -0.4 is 5.73 Å². The molecule has 0 amide bonds. The van der Waals surface area contributed by atoms with E-state index in [1.54, 1.807) is 11.4 Å². The van der Waals surface area contributed by atoms with Crippen LogP contribution in [0.3, 0.4) is 0 Å². The first-order chi connectivity index (χ1) is 7.41. The summed E-state index contributed by atoms with van der Waals surface area (Å²) >= 11 is 0. The molecule has 2 unspecified atom stereocenters. The molecule has 0 aromatic heterocycles. The van der Waals surface area contributed by atoms with E-state index in [1.807, 2.05) is 13.8 Å². The van der Waals surface area contributed by atoms with Gasteiger partial charge in [-0.3, -0.25) is 0 Å². The van der Waals surface area contributed by atoms with Gasteiger partial charge in [0.05, 0.1) is 0 Å².